The topological polar surface area (TPSA) is 26.0 Å². The average molecular weight is 314 g/mol. The average Bonchev–Trinajstić information content (AvgIpc) is 2.97. The largest absolute Gasteiger partial charge is 0.360 e. The molecule has 3 heteroatoms. The molecule has 0 radical (unpaired) electrons. The Labute approximate surface area is 120 Å². The van der Waals surface area contributed by atoms with Crippen molar-refractivity contribution < 1.29 is 4.52 Å². The molecule has 0 fully saturated rings. The van der Waals surface area contributed by atoms with Gasteiger partial charge in [-0.15, -0.1) is 0 Å². The van der Waals surface area contributed by atoms with E-state index in [4.69, 9.17) is 4.52 Å². The first-order chi connectivity index (χ1) is 9.36. The van der Waals surface area contributed by atoms with Crippen molar-refractivity contribution in [3.05, 3.63) is 66.4 Å². The van der Waals surface area contributed by atoms with Gasteiger partial charge in [0, 0.05) is 11.6 Å². The lowest BCUT2D eigenvalue weighted by molar-refractivity contribution is 0.398. The number of nitrogens with zero attached hydrogens (tertiary/aromatic N) is 1. The van der Waals surface area contributed by atoms with Gasteiger partial charge in [0.05, 0.1) is 5.33 Å². The third-order valence-electron chi connectivity index (χ3n) is 2.98. The summed E-state index contributed by atoms with van der Waals surface area (Å²) < 4.78 is 5.19. The first-order valence-electron chi connectivity index (χ1n) is 6.04. The van der Waals surface area contributed by atoms with Crippen molar-refractivity contribution in [1.29, 1.82) is 0 Å². The third-order valence-corrected chi connectivity index (χ3v) is 3.53. The molecule has 0 aliphatic rings. The molecule has 0 saturated heterocycles. The summed E-state index contributed by atoms with van der Waals surface area (Å²) in [6.07, 6.45) is 0. The minimum atomic E-state index is 0.683. The Bertz CT molecular complexity index is 659. The van der Waals surface area contributed by atoms with E-state index in [2.05, 4.69) is 57.5 Å². The molecule has 19 heavy (non-hydrogen) atoms. The van der Waals surface area contributed by atoms with Crippen LogP contribution < -0.4 is 0 Å². The van der Waals surface area contributed by atoms with E-state index in [1.165, 1.54) is 11.1 Å². The summed E-state index contributed by atoms with van der Waals surface area (Å²) >= 11 is 3.35. The molecule has 0 atom stereocenters. The van der Waals surface area contributed by atoms with Gasteiger partial charge >= 0.3 is 0 Å². The van der Waals surface area contributed by atoms with Gasteiger partial charge in [0.1, 0.15) is 11.5 Å². The van der Waals surface area contributed by atoms with Crippen molar-refractivity contribution in [3.63, 3.8) is 0 Å². The summed E-state index contributed by atoms with van der Waals surface area (Å²) in [5.74, 6) is 0.835. The lowest BCUT2D eigenvalue weighted by Crippen LogP contribution is -1.79. The van der Waals surface area contributed by atoms with Gasteiger partial charge in [-0.2, -0.15) is 0 Å². The molecule has 0 aliphatic heterocycles. The summed E-state index contributed by atoms with van der Waals surface area (Å²) in [6, 6.07) is 20.6. The molecule has 2 aromatic carbocycles. The zero-order valence-corrected chi connectivity index (χ0v) is 11.8. The normalized spacial score (nSPS) is 10.6. The first kappa shape index (κ1) is 12.2. The number of benzene rings is 2. The monoisotopic (exact) mass is 313 g/mol. The van der Waals surface area contributed by atoms with Crippen molar-refractivity contribution >= 4 is 15.9 Å². The van der Waals surface area contributed by atoms with E-state index in [9.17, 15) is 0 Å². The van der Waals surface area contributed by atoms with Crippen LogP contribution in [0.3, 0.4) is 0 Å². The molecule has 2 nitrogen and oxygen atoms in total. The van der Waals surface area contributed by atoms with Gasteiger partial charge in [-0.3, -0.25) is 0 Å². The number of hydrogen-bond donors (Lipinski definition) is 0. The van der Waals surface area contributed by atoms with Crippen LogP contribution in [0.4, 0.5) is 0 Å². The second-order valence-corrected chi connectivity index (χ2v) is 4.82. The van der Waals surface area contributed by atoms with Crippen molar-refractivity contribution in [3.8, 4) is 22.4 Å². The van der Waals surface area contributed by atoms with Crippen molar-refractivity contribution in [1.82, 2.24) is 5.16 Å². The first-order valence-corrected chi connectivity index (χ1v) is 7.16. The van der Waals surface area contributed by atoms with Crippen LogP contribution >= 0.6 is 15.9 Å². The van der Waals surface area contributed by atoms with E-state index in [0.29, 0.717) is 5.33 Å². The molecule has 1 aromatic heterocycles. The maximum Gasteiger partial charge on any atom is 0.147 e. The number of halogens is 1. The van der Waals surface area contributed by atoms with Crippen LogP contribution in [0.5, 0.6) is 0 Å². The molecule has 0 bridgehead atoms. The summed E-state index contributed by atoms with van der Waals surface area (Å²) in [4.78, 5) is 0. The van der Waals surface area contributed by atoms with Crippen LogP contribution in [0.2, 0.25) is 0 Å². The van der Waals surface area contributed by atoms with Crippen LogP contribution in [-0.2, 0) is 5.33 Å². The van der Waals surface area contributed by atoms with Gasteiger partial charge < -0.3 is 4.52 Å². The Balaban J connectivity index is 1.90. The lowest BCUT2D eigenvalue weighted by Gasteiger charge is -2.02. The van der Waals surface area contributed by atoms with E-state index in [1.807, 2.05) is 24.3 Å². The highest BCUT2D eigenvalue weighted by molar-refractivity contribution is 9.08. The predicted octanol–water partition coefficient (Wildman–Crippen LogP) is 4.90. The summed E-state index contributed by atoms with van der Waals surface area (Å²) in [5.41, 5.74) is 4.36. The van der Waals surface area contributed by atoms with Crippen molar-refractivity contribution in [2.45, 2.75) is 5.33 Å². The fraction of sp³-hybridized carbons (Fsp3) is 0.0625. The summed E-state index contributed by atoms with van der Waals surface area (Å²) in [7, 11) is 0. The Morgan fingerprint density at radius 1 is 0.842 bits per heavy atom. The van der Waals surface area contributed by atoms with E-state index < -0.39 is 0 Å². The van der Waals surface area contributed by atoms with Crippen LogP contribution in [-0.4, -0.2) is 5.16 Å². The molecule has 3 aromatic rings. The number of alkyl halides is 1. The van der Waals surface area contributed by atoms with E-state index in [-0.39, 0.29) is 0 Å². The number of hydrogen-bond acceptors (Lipinski definition) is 2. The molecule has 0 N–H and O–H groups in total. The SMILES string of the molecule is BrCc1cc(-c2ccc(-c3ccccc3)cc2)no1. The van der Waals surface area contributed by atoms with Crippen molar-refractivity contribution in [2.24, 2.45) is 0 Å². The maximum atomic E-state index is 5.19. The number of rotatable bonds is 3. The third kappa shape index (κ3) is 2.61. The fourth-order valence-corrected chi connectivity index (χ4v) is 2.24. The smallest absolute Gasteiger partial charge is 0.147 e. The van der Waals surface area contributed by atoms with Gasteiger partial charge in [-0.25, -0.2) is 0 Å². The van der Waals surface area contributed by atoms with Crippen LogP contribution in [0.15, 0.2) is 65.2 Å². The van der Waals surface area contributed by atoms with Gasteiger partial charge in [0.25, 0.3) is 0 Å². The highest BCUT2D eigenvalue weighted by Gasteiger charge is 2.05. The molecule has 3 rings (SSSR count). The molecule has 0 amide bonds. The van der Waals surface area contributed by atoms with Crippen LogP contribution in [0.1, 0.15) is 5.76 Å². The number of aromatic nitrogens is 1. The zero-order chi connectivity index (χ0) is 13.1. The molecule has 0 saturated carbocycles. The minimum Gasteiger partial charge on any atom is -0.360 e. The van der Waals surface area contributed by atoms with Crippen LogP contribution in [0.25, 0.3) is 22.4 Å². The molecular formula is C16H12BrNO. The van der Waals surface area contributed by atoms with Gasteiger partial charge in [-0.05, 0) is 11.1 Å². The Morgan fingerprint density at radius 3 is 2.11 bits per heavy atom. The summed E-state index contributed by atoms with van der Waals surface area (Å²) in [6.45, 7) is 0. The van der Waals surface area contributed by atoms with Gasteiger partial charge in [0.2, 0.25) is 0 Å². The second kappa shape index (κ2) is 5.41. The zero-order valence-electron chi connectivity index (χ0n) is 10.2. The second-order valence-electron chi connectivity index (χ2n) is 4.26. The maximum absolute atomic E-state index is 5.19. The molecule has 0 spiro atoms. The lowest BCUT2D eigenvalue weighted by atomic mass is 10.0. The Hall–Kier alpha value is -1.87. The minimum absolute atomic E-state index is 0.683. The van der Waals surface area contributed by atoms with Crippen LogP contribution in [0, 0.1) is 0 Å². The highest BCUT2D eigenvalue weighted by atomic mass is 79.9. The predicted molar refractivity (Wildman–Crippen MR) is 80.0 cm³/mol. The molecule has 0 unspecified atom stereocenters. The summed E-state index contributed by atoms with van der Waals surface area (Å²) in [5, 5.41) is 4.74. The molecular weight excluding hydrogens is 302 g/mol. The molecule has 1 heterocycles. The Kier molecular flexibility index (Phi) is 3.47. The standard InChI is InChI=1S/C16H12BrNO/c17-11-15-10-16(18-19-15)14-8-6-13(7-9-14)12-4-2-1-3-5-12/h1-10H,11H2. The molecule has 94 valence electrons. The van der Waals surface area contributed by atoms with E-state index in [1.54, 1.807) is 0 Å². The van der Waals surface area contributed by atoms with E-state index in [0.717, 1.165) is 17.0 Å². The van der Waals surface area contributed by atoms with Crippen molar-refractivity contribution in [2.75, 3.05) is 0 Å². The van der Waals surface area contributed by atoms with Gasteiger partial charge in [-0.1, -0.05) is 75.7 Å². The van der Waals surface area contributed by atoms with Gasteiger partial charge in [0.15, 0.2) is 0 Å². The van der Waals surface area contributed by atoms with E-state index >= 15 is 0 Å². The fourth-order valence-electron chi connectivity index (χ4n) is 1.98. The Morgan fingerprint density at radius 2 is 1.47 bits per heavy atom. The highest BCUT2D eigenvalue weighted by Crippen LogP contribution is 2.24. The quantitative estimate of drug-likeness (QED) is 0.642. The molecule has 0 aliphatic carbocycles.